The highest BCUT2D eigenvalue weighted by molar-refractivity contribution is 5.74. The third kappa shape index (κ3) is 8.05. The lowest BCUT2D eigenvalue weighted by molar-refractivity contribution is -0.271. The molecule has 12 atom stereocenters. The molecule has 2 aromatic rings. The molecule has 260 valence electrons. The maximum absolute atomic E-state index is 11.5. The van der Waals surface area contributed by atoms with Gasteiger partial charge in [0.15, 0.2) is 35.2 Å². The molecule has 0 aliphatic carbocycles. The molecule has 0 saturated carbocycles. The minimum Gasteiger partial charge on any atom is -0.504 e. The average molecular weight is 669 g/mol. The Hall–Kier alpha value is -3.74. The number of phenolic OH excluding ortho intramolecular Hbond substituents is 1. The molecule has 9 N–H and O–H groups in total. The van der Waals surface area contributed by atoms with Gasteiger partial charge in [0.25, 0.3) is 0 Å². The first kappa shape index (κ1) is 36.1. The number of rotatable bonds is 12. The predicted molar refractivity (Wildman–Crippen MR) is 157 cm³/mol. The van der Waals surface area contributed by atoms with E-state index in [1.807, 2.05) is 13.8 Å². The van der Waals surface area contributed by atoms with E-state index in [9.17, 15) is 55.5 Å². The molecule has 2 fully saturated rings. The molecule has 0 bridgehead atoms. The number of carboxylic acids is 2. The van der Waals surface area contributed by atoms with Gasteiger partial charge in [0.2, 0.25) is 12.6 Å². The van der Waals surface area contributed by atoms with E-state index in [-0.39, 0.29) is 34.8 Å². The zero-order valence-corrected chi connectivity index (χ0v) is 25.7. The van der Waals surface area contributed by atoms with Crippen LogP contribution in [0.4, 0.5) is 0 Å². The van der Waals surface area contributed by atoms with Gasteiger partial charge in [0, 0.05) is 0 Å². The van der Waals surface area contributed by atoms with Crippen molar-refractivity contribution in [1.29, 1.82) is 0 Å². The fourth-order valence-corrected chi connectivity index (χ4v) is 5.42. The smallest absolute Gasteiger partial charge is 0.335 e. The Balaban J connectivity index is 1.40. The molecule has 2 aromatic carbocycles. The van der Waals surface area contributed by atoms with Gasteiger partial charge in [-0.05, 0) is 60.1 Å². The molecular formula is C31H40O16. The first-order valence-electron chi connectivity index (χ1n) is 14.8. The van der Waals surface area contributed by atoms with Crippen molar-refractivity contribution >= 4 is 11.9 Å². The number of benzene rings is 2. The lowest BCUT2D eigenvalue weighted by Gasteiger charge is -2.38. The van der Waals surface area contributed by atoms with Crippen LogP contribution in [0.1, 0.15) is 25.0 Å². The second-order valence-corrected chi connectivity index (χ2v) is 11.9. The van der Waals surface area contributed by atoms with Crippen molar-refractivity contribution < 1.29 is 79.2 Å². The summed E-state index contributed by atoms with van der Waals surface area (Å²) in [6, 6.07) is 9.58. The number of carboxylic acid groups (broad SMARTS) is 2. The molecular weight excluding hydrogens is 628 g/mol. The molecule has 0 radical (unpaired) electrons. The molecule has 0 unspecified atom stereocenters. The largest absolute Gasteiger partial charge is 0.504 e. The molecule has 2 saturated heterocycles. The van der Waals surface area contributed by atoms with Crippen molar-refractivity contribution in [1.82, 2.24) is 0 Å². The van der Waals surface area contributed by atoms with Crippen LogP contribution in [0.5, 0.6) is 23.0 Å². The third-order valence-electron chi connectivity index (χ3n) is 8.45. The maximum atomic E-state index is 11.5. The van der Waals surface area contributed by atoms with Gasteiger partial charge in [0.1, 0.15) is 36.6 Å². The second-order valence-electron chi connectivity index (χ2n) is 11.9. The van der Waals surface area contributed by atoms with Gasteiger partial charge in [-0.3, -0.25) is 0 Å². The summed E-state index contributed by atoms with van der Waals surface area (Å²) >= 11 is 0. The summed E-state index contributed by atoms with van der Waals surface area (Å²) in [5.74, 6) is -3.08. The molecule has 0 amide bonds. The summed E-state index contributed by atoms with van der Waals surface area (Å²) in [6.07, 6.45) is -16.9. The maximum Gasteiger partial charge on any atom is 0.335 e. The fraction of sp³-hybridized carbons (Fsp3) is 0.548. The van der Waals surface area contributed by atoms with E-state index >= 15 is 0 Å². The number of methoxy groups -OCH3 is 1. The standard InChI is InChI=1S/C31H40O16/c1-12(8-14-4-6-17(16(32)10-14)44-30-24(37)20(33)22(35)26(46-30)28(39)40)13(2)9-15-5-7-18(43-3)19(11-15)45-31-25(38)21(34)23(36)27(47-31)29(41)42/h4-7,10-13,20-27,30-38H,8-9H2,1-3H3,(H,39,40)(H,41,42)/t12-,13+,20-,21-,22-,23-,24+,25+,26-,27-,30+,31+/m0/s1. The third-order valence-corrected chi connectivity index (χ3v) is 8.45. The zero-order chi connectivity index (χ0) is 34.7. The second kappa shape index (κ2) is 15.0. The van der Waals surface area contributed by atoms with E-state index in [2.05, 4.69) is 0 Å². The minimum atomic E-state index is -1.88. The Morgan fingerprint density at radius 2 is 1.09 bits per heavy atom. The SMILES string of the molecule is COc1ccc(C[C@@H](C)[C@@H](C)Cc2ccc(O[C@@H]3O[C@H](C(=O)O)[C@@H](O)[C@H](O)[C@H]3O)c(O)c2)cc1O[C@@H]1O[C@H](C(=O)O)[C@@H](O)[C@H](O)[C@H]1O. The summed E-state index contributed by atoms with van der Waals surface area (Å²) < 4.78 is 26.8. The van der Waals surface area contributed by atoms with Crippen LogP contribution >= 0.6 is 0 Å². The minimum absolute atomic E-state index is 0.0561. The first-order valence-corrected chi connectivity index (χ1v) is 14.8. The number of aliphatic carboxylic acids is 2. The molecule has 2 aliphatic rings. The van der Waals surface area contributed by atoms with Crippen LogP contribution in [0.25, 0.3) is 0 Å². The van der Waals surface area contributed by atoms with Crippen molar-refractivity contribution in [2.45, 2.75) is 88.1 Å². The number of ether oxygens (including phenoxy) is 5. The number of aliphatic hydroxyl groups is 6. The summed E-state index contributed by atoms with van der Waals surface area (Å²) in [5.41, 5.74) is 1.53. The summed E-state index contributed by atoms with van der Waals surface area (Å²) in [5, 5.41) is 89.6. The van der Waals surface area contributed by atoms with Crippen LogP contribution in [-0.4, -0.2) is 126 Å². The van der Waals surface area contributed by atoms with E-state index < -0.39 is 73.4 Å². The normalized spacial score (nSPS) is 32.2. The van der Waals surface area contributed by atoms with Crippen molar-refractivity contribution in [3.63, 3.8) is 0 Å². The molecule has 16 heteroatoms. The van der Waals surface area contributed by atoms with Gasteiger partial charge >= 0.3 is 11.9 Å². The van der Waals surface area contributed by atoms with Gasteiger partial charge in [-0.1, -0.05) is 26.0 Å². The Morgan fingerprint density at radius 1 is 0.660 bits per heavy atom. The van der Waals surface area contributed by atoms with Gasteiger partial charge in [-0.2, -0.15) is 0 Å². The molecule has 16 nitrogen and oxygen atoms in total. The van der Waals surface area contributed by atoms with E-state index in [4.69, 9.17) is 23.7 Å². The molecule has 4 rings (SSSR count). The predicted octanol–water partition coefficient (Wildman–Crippen LogP) is -1.000. The Morgan fingerprint density at radius 3 is 1.51 bits per heavy atom. The van der Waals surface area contributed by atoms with Crippen LogP contribution in [0.15, 0.2) is 36.4 Å². The van der Waals surface area contributed by atoms with Crippen molar-refractivity contribution in [3.05, 3.63) is 47.5 Å². The number of aliphatic hydroxyl groups excluding tert-OH is 6. The summed E-state index contributed by atoms with van der Waals surface area (Å²) in [6.45, 7) is 4.01. The summed E-state index contributed by atoms with van der Waals surface area (Å²) in [7, 11) is 1.39. The van der Waals surface area contributed by atoms with Crippen LogP contribution in [0, 0.1) is 11.8 Å². The van der Waals surface area contributed by atoms with Gasteiger partial charge < -0.3 is 69.6 Å². The van der Waals surface area contributed by atoms with Crippen LogP contribution in [0.2, 0.25) is 0 Å². The number of phenols is 1. The van der Waals surface area contributed by atoms with Crippen LogP contribution in [-0.2, 0) is 31.9 Å². The van der Waals surface area contributed by atoms with Gasteiger partial charge in [-0.25, -0.2) is 9.59 Å². The zero-order valence-electron chi connectivity index (χ0n) is 25.7. The van der Waals surface area contributed by atoms with E-state index in [1.54, 1.807) is 24.3 Å². The van der Waals surface area contributed by atoms with Gasteiger partial charge in [0.05, 0.1) is 7.11 Å². The van der Waals surface area contributed by atoms with Crippen molar-refractivity contribution in [2.24, 2.45) is 11.8 Å². The molecule has 0 spiro atoms. The number of hydrogen-bond acceptors (Lipinski definition) is 14. The Kier molecular flexibility index (Phi) is 11.5. The van der Waals surface area contributed by atoms with E-state index in [1.165, 1.54) is 19.2 Å². The molecule has 0 aromatic heterocycles. The molecule has 2 aliphatic heterocycles. The van der Waals surface area contributed by atoms with Crippen molar-refractivity contribution in [2.75, 3.05) is 7.11 Å². The van der Waals surface area contributed by atoms with Crippen molar-refractivity contribution in [3.8, 4) is 23.0 Å². The monoisotopic (exact) mass is 668 g/mol. The number of aromatic hydroxyl groups is 1. The average Bonchev–Trinajstić information content (AvgIpc) is 3.02. The van der Waals surface area contributed by atoms with E-state index in [0.29, 0.717) is 12.8 Å². The lowest BCUT2D eigenvalue weighted by atomic mass is 9.85. The van der Waals surface area contributed by atoms with Crippen LogP contribution in [0.3, 0.4) is 0 Å². The number of hydrogen-bond donors (Lipinski definition) is 9. The Labute approximate surface area is 268 Å². The quantitative estimate of drug-likeness (QED) is 0.131. The van der Waals surface area contributed by atoms with Gasteiger partial charge in [-0.15, -0.1) is 0 Å². The van der Waals surface area contributed by atoms with Crippen LogP contribution < -0.4 is 14.2 Å². The summed E-state index contributed by atoms with van der Waals surface area (Å²) in [4.78, 5) is 22.8. The molecule has 2 heterocycles. The lowest BCUT2D eigenvalue weighted by Crippen LogP contribution is -2.61. The number of carbonyl (C=O) groups is 2. The van der Waals surface area contributed by atoms with E-state index in [0.717, 1.165) is 11.1 Å². The first-order chi connectivity index (χ1) is 22.1. The Bertz CT molecular complexity index is 1400. The fourth-order valence-electron chi connectivity index (χ4n) is 5.42. The topological polar surface area (TPSA) is 262 Å². The highest BCUT2D eigenvalue weighted by Gasteiger charge is 2.49. The highest BCUT2D eigenvalue weighted by Crippen LogP contribution is 2.35. The molecule has 47 heavy (non-hydrogen) atoms. The highest BCUT2D eigenvalue weighted by atomic mass is 16.7.